The molecule has 0 amide bonds. The van der Waals surface area contributed by atoms with Gasteiger partial charge in [-0.25, -0.2) is 15.0 Å². The summed E-state index contributed by atoms with van der Waals surface area (Å²) in [5.74, 6) is 2.39. The van der Waals surface area contributed by atoms with Crippen molar-refractivity contribution in [3.8, 4) is 5.75 Å². The zero-order valence-corrected chi connectivity index (χ0v) is 14.2. The average Bonchev–Trinajstić information content (AvgIpc) is 2.60. The Kier molecular flexibility index (Phi) is 4.94. The lowest BCUT2D eigenvalue weighted by atomic mass is 10.3. The summed E-state index contributed by atoms with van der Waals surface area (Å²) >= 11 is 0. The molecule has 4 N–H and O–H groups in total. The maximum atomic E-state index is 6.22. The second-order valence-corrected chi connectivity index (χ2v) is 5.33. The summed E-state index contributed by atoms with van der Waals surface area (Å²) < 4.78 is 5.62. The lowest BCUT2D eigenvalue weighted by molar-refractivity contribution is 0.342. The number of aromatic nitrogens is 3. The average molecular weight is 336 g/mol. The molecule has 0 radical (unpaired) electrons. The van der Waals surface area contributed by atoms with Crippen LogP contribution in [0, 0.1) is 6.92 Å². The number of para-hydroxylation sites is 2. The van der Waals surface area contributed by atoms with E-state index in [9.17, 15) is 0 Å². The van der Waals surface area contributed by atoms with Crippen molar-refractivity contribution in [3.63, 3.8) is 0 Å². The Labute approximate surface area is 146 Å². The van der Waals surface area contributed by atoms with Crippen molar-refractivity contribution in [1.82, 2.24) is 15.0 Å². The van der Waals surface area contributed by atoms with Crippen LogP contribution in [0.1, 0.15) is 12.6 Å². The highest BCUT2D eigenvalue weighted by Gasteiger charge is 2.11. The molecule has 0 atom stereocenters. The van der Waals surface area contributed by atoms with E-state index in [1.807, 2.05) is 56.3 Å². The van der Waals surface area contributed by atoms with Crippen molar-refractivity contribution in [2.75, 3.05) is 23.0 Å². The normalized spacial score (nSPS) is 10.3. The number of rotatable bonds is 6. The van der Waals surface area contributed by atoms with E-state index in [1.165, 1.54) is 6.33 Å². The van der Waals surface area contributed by atoms with E-state index >= 15 is 0 Å². The molecule has 1 aromatic carbocycles. The van der Waals surface area contributed by atoms with Crippen LogP contribution in [-0.2, 0) is 0 Å². The summed E-state index contributed by atoms with van der Waals surface area (Å²) in [6.07, 6.45) is 1.44. The molecule has 2 aromatic heterocycles. The first-order valence-corrected chi connectivity index (χ1v) is 7.97. The lowest BCUT2D eigenvalue weighted by Gasteiger charge is -2.14. The number of ether oxygens (including phenoxy) is 1. The molecule has 3 aromatic rings. The van der Waals surface area contributed by atoms with Crippen molar-refractivity contribution in [2.24, 2.45) is 0 Å². The van der Waals surface area contributed by atoms with Gasteiger partial charge in [-0.3, -0.25) is 0 Å². The highest BCUT2D eigenvalue weighted by molar-refractivity contribution is 5.80. The summed E-state index contributed by atoms with van der Waals surface area (Å²) in [7, 11) is 0. The van der Waals surface area contributed by atoms with E-state index < -0.39 is 0 Å². The first kappa shape index (κ1) is 16.5. The third kappa shape index (κ3) is 3.95. The molecule has 0 saturated carbocycles. The molecule has 0 aliphatic rings. The van der Waals surface area contributed by atoms with Crippen LogP contribution in [0.4, 0.5) is 28.8 Å². The van der Waals surface area contributed by atoms with E-state index in [2.05, 4.69) is 25.6 Å². The molecule has 7 heteroatoms. The Hall–Kier alpha value is -3.35. The number of hydrogen-bond donors (Lipinski definition) is 3. The fraction of sp³-hybridized carbons (Fsp3) is 0.167. The molecule has 7 nitrogen and oxygen atoms in total. The Balaban J connectivity index is 1.86. The fourth-order valence-corrected chi connectivity index (χ4v) is 2.31. The van der Waals surface area contributed by atoms with Gasteiger partial charge >= 0.3 is 0 Å². The van der Waals surface area contributed by atoms with Crippen molar-refractivity contribution >= 4 is 28.8 Å². The van der Waals surface area contributed by atoms with Crippen LogP contribution in [0.5, 0.6) is 5.75 Å². The van der Waals surface area contributed by atoms with E-state index in [-0.39, 0.29) is 0 Å². The second kappa shape index (κ2) is 7.48. The van der Waals surface area contributed by atoms with Gasteiger partial charge in [-0.15, -0.1) is 0 Å². The zero-order valence-electron chi connectivity index (χ0n) is 14.2. The summed E-state index contributed by atoms with van der Waals surface area (Å²) in [5, 5.41) is 6.32. The number of pyridine rings is 1. The first-order valence-electron chi connectivity index (χ1n) is 7.97. The third-order valence-corrected chi connectivity index (χ3v) is 3.46. The van der Waals surface area contributed by atoms with Gasteiger partial charge in [-0.1, -0.05) is 18.2 Å². The first-order chi connectivity index (χ1) is 12.2. The Morgan fingerprint density at radius 2 is 1.76 bits per heavy atom. The Morgan fingerprint density at radius 1 is 1.00 bits per heavy atom. The zero-order chi connectivity index (χ0) is 17.6. The summed E-state index contributed by atoms with van der Waals surface area (Å²) in [6.45, 7) is 4.43. The molecule has 0 saturated heterocycles. The minimum Gasteiger partial charge on any atom is -0.492 e. The van der Waals surface area contributed by atoms with Gasteiger partial charge in [0.15, 0.2) is 11.6 Å². The predicted molar refractivity (Wildman–Crippen MR) is 99.6 cm³/mol. The Morgan fingerprint density at radius 3 is 2.52 bits per heavy atom. The lowest BCUT2D eigenvalue weighted by Crippen LogP contribution is -2.06. The number of aryl methyl sites for hydroxylation is 1. The molecule has 0 fully saturated rings. The van der Waals surface area contributed by atoms with Gasteiger partial charge in [0.2, 0.25) is 0 Å². The summed E-state index contributed by atoms with van der Waals surface area (Å²) in [6, 6.07) is 13.3. The molecule has 0 spiro atoms. The maximum absolute atomic E-state index is 6.22. The van der Waals surface area contributed by atoms with Crippen molar-refractivity contribution in [3.05, 3.63) is 54.5 Å². The molecule has 2 heterocycles. The quantitative estimate of drug-likeness (QED) is 0.632. The second-order valence-electron chi connectivity index (χ2n) is 5.33. The molecule has 0 bridgehead atoms. The van der Waals surface area contributed by atoms with Gasteiger partial charge in [0, 0.05) is 5.69 Å². The van der Waals surface area contributed by atoms with Crippen LogP contribution in [-0.4, -0.2) is 21.6 Å². The smallest absolute Gasteiger partial charge is 0.160 e. The molecule has 128 valence electrons. The highest BCUT2D eigenvalue weighted by atomic mass is 16.5. The van der Waals surface area contributed by atoms with Crippen molar-refractivity contribution in [2.45, 2.75) is 13.8 Å². The SMILES string of the molecule is CCOc1ccccc1Nc1ncnc(Nc2cccc(C)n2)c1N. The van der Waals surface area contributed by atoms with Crippen molar-refractivity contribution < 1.29 is 4.74 Å². The Bertz CT molecular complexity index is 868. The number of benzene rings is 1. The van der Waals surface area contributed by atoms with E-state index in [0.29, 0.717) is 29.7 Å². The van der Waals surface area contributed by atoms with Gasteiger partial charge in [-0.2, -0.15) is 0 Å². The van der Waals surface area contributed by atoms with Crippen molar-refractivity contribution in [1.29, 1.82) is 0 Å². The largest absolute Gasteiger partial charge is 0.492 e. The minimum atomic E-state index is 0.400. The number of nitrogens with two attached hydrogens (primary N) is 1. The van der Waals surface area contributed by atoms with E-state index in [4.69, 9.17) is 10.5 Å². The van der Waals surface area contributed by atoms with Crippen LogP contribution in [0.3, 0.4) is 0 Å². The standard InChI is InChI=1S/C18H20N6O/c1-3-25-14-9-5-4-8-13(14)23-17-16(19)18(21-11-20-17)24-15-10-6-7-12(2)22-15/h4-11H,3,19H2,1-2H3,(H2,20,21,22,23,24). The number of anilines is 5. The number of nitrogens with zero attached hydrogens (tertiary/aromatic N) is 3. The molecule has 3 rings (SSSR count). The fourth-order valence-electron chi connectivity index (χ4n) is 2.31. The maximum Gasteiger partial charge on any atom is 0.160 e. The number of nitrogens with one attached hydrogen (secondary N) is 2. The van der Waals surface area contributed by atoms with Gasteiger partial charge in [0.1, 0.15) is 23.6 Å². The number of hydrogen-bond acceptors (Lipinski definition) is 7. The highest BCUT2D eigenvalue weighted by Crippen LogP contribution is 2.31. The van der Waals surface area contributed by atoms with Crippen LogP contribution in [0.2, 0.25) is 0 Å². The molecule has 0 aliphatic heterocycles. The minimum absolute atomic E-state index is 0.400. The third-order valence-electron chi connectivity index (χ3n) is 3.46. The predicted octanol–water partition coefficient (Wildman–Crippen LogP) is 3.65. The van der Waals surface area contributed by atoms with Crippen LogP contribution < -0.4 is 21.1 Å². The monoisotopic (exact) mass is 336 g/mol. The van der Waals surface area contributed by atoms with Gasteiger partial charge in [-0.05, 0) is 38.1 Å². The molecule has 0 unspecified atom stereocenters. The van der Waals surface area contributed by atoms with E-state index in [1.54, 1.807) is 0 Å². The molecular weight excluding hydrogens is 316 g/mol. The van der Waals surface area contributed by atoms with Gasteiger partial charge in [0.25, 0.3) is 0 Å². The molecular formula is C18H20N6O. The van der Waals surface area contributed by atoms with Crippen LogP contribution >= 0.6 is 0 Å². The van der Waals surface area contributed by atoms with Crippen LogP contribution in [0.25, 0.3) is 0 Å². The summed E-state index contributed by atoms with van der Waals surface area (Å²) in [4.78, 5) is 12.8. The summed E-state index contributed by atoms with van der Waals surface area (Å²) in [5.41, 5.74) is 8.31. The molecule has 25 heavy (non-hydrogen) atoms. The van der Waals surface area contributed by atoms with Gasteiger partial charge < -0.3 is 21.1 Å². The number of nitrogen functional groups attached to an aromatic ring is 1. The van der Waals surface area contributed by atoms with Crippen LogP contribution in [0.15, 0.2) is 48.8 Å². The van der Waals surface area contributed by atoms with Gasteiger partial charge in [0.05, 0.1) is 12.3 Å². The van der Waals surface area contributed by atoms with E-state index in [0.717, 1.165) is 17.1 Å². The molecule has 0 aliphatic carbocycles. The topological polar surface area (TPSA) is 98.0 Å².